The molecule has 5 aliphatic rings. The average molecular weight is 978 g/mol. The van der Waals surface area contributed by atoms with Crippen LogP contribution in [-0.2, 0) is 33.5 Å². The van der Waals surface area contributed by atoms with Gasteiger partial charge >= 0.3 is 0 Å². The number of hydrogen-bond donors (Lipinski definition) is 0. The third-order valence-corrected chi connectivity index (χ3v) is 18.8. The quantitative estimate of drug-likeness (QED) is 0.170. The molecule has 0 saturated carbocycles. The Bertz CT molecular complexity index is 4060. The van der Waals surface area contributed by atoms with Crippen LogP contribution in [0.15, 0.2) is 212 Å². The molecule has 2 spiro atoms. The minimum atomic E-state index is -0.530. The van der Waals surface area contributed by atoms with Crippen molar-refractivity contribution in [1.82, 2.24) is 0 Å². The van der Waals surface area contributed by atoms with E-state index in [0.29, 0.717) is 0 Å². The molecule has 1 heteroatoms. The lowest BCUT2D eigenvalue weighted by Gasteiger charge is -2.34. The molecule has 10 aromatic rings. The molecule has 0 heterocycles. The molecular formula is C75H63N. The molecule has 1 nitrogen and oxygen atoms in total. The first-order valence-electron chi connectivity index (χ1n) is 27.7. The van der Waals surface area contributed by atoms with Gasteiger partial charge in [0.1, 0.15) is 0 Å². The van der Waals surface area contributed by atoms with Crippen molar-refractivity contribution in [1.29, 1.82) is 0 Å². The topological polar surface area (TPSA) is 3.24 Å². The first kappa shape index (κ1) is 45.4. The second kappa shape index (κ2) is 15.5. The van der Waals surface area contributed by atoms with E-state index in [2.05, 4.69) is 273 Å². The van der Waals surface area contributed by atoms with Crippen LogP contribution in [-0.4, -0.2) is 0 Å². The summed E-state index contributed by atoms with van der Waals surface area (Å²) in [6.07, 6.45) is 2.10. The molecule has 0 saturated heterocycles. The zero-order chi connectivity index (χ0) is 51.7. The van der Waals surface area contributed by atoms with Crippen molar-refractivity contribution in [2.24, 2.45) is 0 Å². The molecule has 76 heavy (non-hydrogen) atoms. The molecule has 10 aromatic carbocycles. The molecular weight excluding hydrogens is 915 g/mol. The van der Waals surface area contributed by atoms with Crippen LogP contribution in [0.25, 0.3) is 55.6 Å². The summed E-state index contributed by atoms with van der Waals surface area (Å²) < 4.78 is 0. The SMILES string of the molecule is CC(C)(C)c1ccc2c(c1)-c1cc(C(C)(C)C)ccc1C21c2ccccc2-c2c(N(c3ccc4c(c3)C3(CCc5ccccc53)c3ccccc3-4)c3ccccc3-c3cccc4c3C(C)(C)c3ccccc3-4)cccc21. The second-order valence-corrected chi connectivity index (χ2v) is 25.1. The largest absolute Gasteiger partial charge is 0.309 e. The van der Waals surface area contributed by atoms with Gasteiger partial charge in [0, 0.05) is 27.6 Å². The molecule has 0 aromatic heterocycles. The maximum atomic E-state index is 2.67. The summed E-state index contributed by atoms with van der Waals surface area (Å²) in [5.41, 5.74) is 32.4. The minimum Gasteiger partial charge on any atom is -0.309 e. The molecule has 0 aliphatic heterocycles. The van der Waals surface area contributed by atoms with Crippen molar-refractivity contribution < 1.29 is 0 Å². The van der Waals surface area contributed by atoms with Crippen LogP contribution in [0.3, 0.4) is 0 Å². The van der Waals surface area contributed by atoms with Gasteiger partial charge < -0.3 is 4.90 Å². The Morgan fingerprint density at radius 1 is 0.355 bits per heavy atom. The van der Waals surface area contributed by atoms with Crippen LogP contribution in [0, 0.1) is 0 Å². The highest BCUT2D eigenvalue weighted by Crippen LogP contribution is 2.67. The number of rotatable bonds is 4. The van der Waals surface area contributed by atoms with Crippen molar-refractivity contribution in [2.75, 3.05) is 4.90 Å². The molecule has 368 valence electrons. The lowest BCUT2D eigenvalue weighted by Crippen LogP contribution is -2.26. The average Bonchev–Trinajstić information content (AvgIpc) is 4.24. The number of anilines is 3. The Kier molecular flexibility index (Phi) is 9.29. The third-order valence-electron chi connectivity index (χ3n) is 18.8. The summed E-state index contributed by atoms with van der Waals surface area (Å²) in [6, 6.07) is 82.9. The van der Waals surface area contributed by atoms with Crippen LogP contribution in [0.2, 0.25) is 0 Å². The van der Waals surface area contributed by atoms with Gasteiger partial charge in [-0.05, 0) is 159 Å². The first-order chi connectivity index (χ1) is 36.7. The van der Waals surface area contributed by atoms with Gasteiger partial charge in [-0.2, -0.15) is 0 Å². The monoisotopic (exact) mass is 977 g/mol. The standard InChI is InChI=1S/C75H63N/c1-71(2,3)47-35-39-63-57(43-47)58-44-48(72(4,5)6)36-40-64(58)75(63)62-31-17-12-25-56(62)69-65(75)32-20-34-68(69)76(67-33-18-13-24-53(67)55-27-19-26-54-51-23-10-15-29-60(51)73(7,8)70(54)55)49-37-38-52-50-22-11-16-30-61(50)74(66(52)45-49)42-41-46-21-9-14-28-59(46)74/h9-40,43-45H,41-42H2,1-8H3. The molecule has 0 amide bonds. The summed E-state index contributed by atoms with van der Waals surface area (Å²) in [7, 11) is 0. The Morgan fingerprint density at radius 2 is 0.842 bits per heavy atom. The van der Waals surface area contributed by atoms with Gasteiger partial charge in [0.2, 0.25) is 0 Å². The van der Waals surface area contributed by atoms with Gasteiger partial charge in [-0.25, -0.2) is 0 Å². The van der Waals surface area contributed by atoms with Crippen LogP contribution in [0.5, 0.6) is 0 Å². The van der Waals surface area contributed by atoms with E-state index in [0.717, 1.165) is 12.8 Å². The van der Waals surface area contributed by atoms with Crippen molar-refractivity contribution >= 4 is 17.1 Å². The van der Waals surface area contributed by atoms with E-state index in [1.165, 1.54) is 139 Å². The second-order valence-electron chi connectivity index (χ2n) is 25.1. The van der Waals surface area contributed by atoms with E-state index in [9.17, 15) is 0 Å². The molecule has 1 unspecified atom stereocenters. The van der Waals surface area contributed by atoms with Crippen LogP contribution in [0.1, 0.15) is 129 Å². The molecule has 0 bridgehead atoms. The Balaban J connectivity index is 1.04. The van der Waals surface area contributed by atoms with Gasteiger partial charge in [-0.3, -0.25) is 0 Å². The van der Waals surface area contributed by atoms with Crippen molar-refractivity contribution in [3.63, 3.8) is 0 Å². The van der Waals surface area contributed by atoms with Gasteiger partial charge in [0.15, 0.2) is 0 Å². The fourth-order valence-corrected chi connectivity index (χ4v) is 15.4. The maximum absolute atomic E-state index is 2.67. The highest BCUT2D eigenvalue weighted by atomic mass is 15.1. The summed E-state index contributed by atoms with van der Waals surface area (Å²) in [6.45, 7) is 18.9. The van der Waals surface area contributed by atoms with Gasteiger partial charge in [-0.15, -0.1) is 0 Å². The smallest absolute Gasteiger partial charge is 0.0726 e. The molecule has 1 atom stereocenters. The van der Waals surface area contributed by atoms with E-state index >= 15 is 0 Å². The number of fused-ring (bicyclic) bond motifs is 20. The van der Waals surface area contributed by atoms with E-state index in [-0.39, 0.29) is 21.7 Å². The summed E-state index contributed by atoms with van der Waals surface area (Å²) in [4.78, 5) is 2.67. The summed E-state index contributed by atoms with van der Waals surface area (Å²) in [5, 5.41) is 0. The van der Waals surface area contributed by atoms with Crippen molar-refractivity contribution in [3.05, 3.63) is 279 Å². The zero-order valence-corrected chi connectivity index (χ0v) is 45.1. The van der Waals surface area contributed by atoms with Crippen LogP contribution >= 0.6 is 0 Å². The number of para-hydroxylation sites is 1. The normalized spacial score (nSPS) is 17.1. The van der Waals surface area contributed by atoms with Gasteiger partial charge in [0.05, 0.1) is 16.8 Å². The van der Waals surface area contributed by atoms with E-state index in [1.54, 1.807) is 0 Å². The number of hydrogen-bond acceptors (Lipinski definition) is 1. The maximum Gasteiger partial charge on any atom is 0.0726 e. The van der Waals surface area contributed by atoms with E-state index < -0.39 is 5.41 Å². The van der Waals surface area contributed by atoms with Crippen LogP contribution in [0.4, 0.5) is 17.1 Å². The zero-order valence-electron chi connectivity index (χ0n) is 45.1. The Hall–Kier alpha value is -8.00. The molecule has 0 radical (unpaired) electrons. The molecule has 0 N–H and O–H groups in total. The Labute approximate surface area is 449 Å². The van der Waals surface area contributed by atoms with Gasteiger partial charge in [-0.1, -0.05) is 243 Å². The third kappa shape index (κ3) is 5.87. The lowest BCUT2D eigenvalue weighted by atomic mass is 9.70. The van der Waals surface area contributed by atoms with Crippen molar-refractivity contribution in [3.8, 4) is 55.6 Å². The molecule has 15 rings (SSSR count). The van der Waals surface area contributed by atoms with Crippen LogP contribution < -0.4 is 4.90 Å². The predicted octanol–water partition coefficient (Wildman–Crippen LogP) is 19.3. The predicted molar refractivity (Wildman–Crippen MR) is 318 cm³/mol. The van der Waals surface area contributed by atoms with Crippen molar-refractivity contribution in [2.45, 2.75) is 95.3 Å². The highest BCUT2D eigenvalue weighted by Gasteiger charge is 2.54. The first-order valence-corrected chi connectivity index (χ1v) is 27.7. The molecule has 0 fully saturated rings. The number of aryl methyl sites for hydroxylation is 1. The molecule has 5 aliphatic carbocycles. The van der Waals surface area contributed by atoms with E-state index in [4.69, 9.17) is 0 Å². The summed E-state index contributed by atoms with van der Waals surface area (Å²) >= 11 is 0. The number of benzene rings is 10. The fraction of sp³-hybridized carbons (Fsp3) is 0.200. The summed E-state index contributed by atoms with van der Waals surface area (Å²) in [5.74, 6) is 0. The highest BCUT2D eigenvalue weighted by molar-refractivity contribution is 6.04. The minimum absolute atomic E-state index is 0.00754. The Morgan fingerprint density at radius 3 is 1.53 bits per heavy atom. The van der Waals surface area contributed by atoms with E-state index in [1.807, 2.05) is 0 Å². The lowest BCUT2D eigenvalue weighted by molar-refractivity contribution is 0.589. The number of nitrogens with zero attached hydrogens (tertiary/aromatic N) is 1. The fourth-order valence-electron chi connectivity index (χ4n) is 15.4. The van der Waals surface area contributed by atoms with Gasteiger partial charge in [0.25, 0.3) is 0 Å².